The number of cyclic esters (lactones) is 1. The molecule has 4 aliphatic rings. The molecule has 198 valence electrons. The molecule has 2 aliphatic heterocycles. The summed E-state index contributed by atoms with van der Waals surface area (Å²) in [6.07, 6.45) is 5.24. The lowest BCUT2D eigenvalue weighted by molar-refractivity contribution is -0.118. The highest BCUT2D eigenvalue weighted by molar-refractivity contribution is 5.95. The molecule has 38 heavy (non-hydrogen) atoms. The Balaban J connectivity index is 0.979. The fourth-order valence-corrected chi connectivity index (χ4v) is 5.07. The molecule has 0 bridgehead atoms. The van der Waals surface area contributed by atoms with Crippen LogP contribution in [0.1, 0.15) is 36.0 Å². The molecule has 1 saturated carbocycles. The van der Waals surface area contributed by atoms with Crippen LogP contribution < -0.4 is 30.7 Å². The van der Waals surface area contributed by atoms with Gasteiger partial charge in [0.15, 0.2) is 18.2 Å². The molecule has 2 aromatic rings. The number of hydrogen-bond acceptors (Lipinski definition) is 10. The van der Waals surface area contributed by atoms with Crippen molar-refractivity contribution in [2.24, 2.45) is 11.7 Å². The van der Waals surface area contributed by atoms with Crippen molar-refractivity contribution in [3.63, 3.8) is 0 Å². The maximum atomic E-state index is 12.5. The van der Waals surface area contributed by atoms with Gasteiger partial charge in [-0.25, -0.2) is 14.8 Å². The van der Waals surface area contributed by atoms with Crippen LogP contribution in [0.2, 0.25) is 0 Å². The molecule has 0 aromatic carbocycles. The van der Waals surface area contributed by atoms with Gasteiger partial charge in [0.2, 0.25) is 5.88 Å². The van der Waals surface area contributed by atoms with Crippen LogP contribution in [0.4, 0.5) is 16.4 Å². The third-order valence-electron chi connectivity index (χ3n) is 7.43. The molecule has 6 rings (SSSR count). The summed E-state index contributed by atoms with van der Waals surface area (Å²) in [5.74, 6) is 1.62. The zero-order valence-corrected chi connectivity index (χ0v) is 20.9. The number of carbonyl (C=O) groups excluding carboxylic acids is 2. The van der Waals surface area contributed by atoms with Gasteiger partial charge >= 0.3 is 6.09 Å². The summed E-state index contributed by atoms with van der Waals surface area (Å²) in [5.41, 5.74) is 8.48. The average molecular weight is 520 g/mol. The number of nitrogens with one attached hydrogen (secondary N) is 2. The second-order valence-electron chi connectivity index (χ2n) is 10.4. The highest BCUT2D eigenvalue weighted by Gasteiger charge is 2.40. The molecule has 0 spiro atoms. The lowest BCUT2D eigenvalue weighted by atomic mass is 10.0. The van der Waals surface area contributed by atoms with Gasteiger partial charge in [0.05, 0.1) is 12.1 Å². The predicted octanol–water partition coefficient (Wildman–Crippen LogP) is 1.27. The SMILES string of the molecule is N#Cc1c(OCC2(N)CC2)ncc2c1CC(CNCCC1CN(c3ccc4c(n3)NC(=O)CO4)C(=O)O1)C2. The Bertz CT molecular complexity index is 1320. The van der Waals surface area contributed by atoms with Crippen LogP contribution in [0, 0.1) is 17.2 Å². The summed E-state index contributed by atoms with van der Waals surface area (Å²) in [6.45, 7) is 2.16. The molecule has 1 saturated heterocycles. The highest BCUT2D eigenvalue weighted by Crippen LogP contribution is 2.36. The highest BCUT2D eigenvalue weighted by atomic mass is 16.6. The van der Waals surface area contributed by atoms with E-state index in [4.69, 9.17) is 19.9 Å². The maximum absolute atomic E-state index is 12.5. The molecule has 2 fully saturated rings. The van der Waals surface area contributed by atoms with E-state index in [1.165, 1.54) is 4.90 Å². The Morgan fingerprint density at radius 2 is 2.18 bits per heavy atom. The molecule has 4 heterocycles. The quantitative estimate of drug-likeness (QED) is 0.411. The van der Waals surface area contributed by atoms with E-state index in [0.717, 1.165) is 43.4 Å². The van der Waals surface area contributed by atoms with E-state index in [1.807, 2.05) is 6.20 Å². The van der Waals surface area contributed by atoms with Gasteiger partial charge in [0.25, 0.3) is 5.91 Å². The van der Waals surface area contributed by atoms with Gasteiger partial charge in [0.1, 0.15) is 30.2 Å². The summed E-state index contributed by atoms with van der Waals surface area (Å²) in [5, 5.41) is 15.9. The smallest absolute Gasteiger partial charge is 0.415 e. The predicted molar refractivity (Wildman–Crippen MR) is 135 cm³/mol. The van der Waals surface area contributed by atoms with Crippen LogP contribution in [0.3, 0.4) is 0 Å². The molecule has 2 unspecified atom stereocenters. The van der Waals surface area contributed by atoms with Crippen molar-refractivity contribution in [1.82, 2.24) is 15.3 Å². The van der Waals surface area contributed by atoms with Gasteiger partial charge < -0.3 is 30.6 Å². The van der Waals surface area contributed by atoms with Gasteiger partial charge in [-0.3, -0.25) is 9.69 Å². The fourth-order valence-electron chi connectivity index (χ4n) is 5.07. The fraction of sp³-hybridized carbons (Fsp3) is 0.500. The van der Waals surface area contributed by atoms with E-state index in [1.54, 1.807) is 12.1 Å². The van der Waals surface area contributed by atoms with E-state index >= 15 is 0 Å². The second-order valence-corrected chi connectivity index (χ2v) is 10.4. The summed E-state index contributed by atoms with van der Waals surface area (Å²) >= 11 is 0. The van der Waals surface area contributed by atoms with Crippen LogP contribution in [-0.2, 0) is 22.4 Å². The van der Waals surface area contributed by atoms with E-state index < -0.39 is 6.09 Å². The monoisotopic (exact) mass is 519 g/mol. The van der Waals surface area contributed by atoms with Gasteiger partial charge in [0, 0.05) is 6.20 Å². The Hall–Kier alpha value is -3.95. The molecule has 12 nitrogen and oxygen atoms in total. The number of nitrogens with two attached hydrogens (primary N) is 1. The topological polar surface area (TPSA) is 165 Å². The van der Waals surface area contributed by atoms with E-state index in [-0.39, 0.29) is 24.2 Å². The number of aromatic nitrogens is 2. The van der Waals surface area contributed by atoms with Crippen LogP contribution >= 0.6 is 0 Å². The standard InChI is InChI=1S/C26H29N7O5/c27-9-19-18-8-15(7-16(18)11-30-24(19)37-14-26(28)4-5-26)10-29-6-3-17-12-33(25(35)38-17)21-2-1-20-23(31-21)32-22(34)13-36-20/h1-2,11,15,17,29H,3-8,10,12-14,28H2,(H,31,32,34). The molecule has 2 aromatic heterocycles. The molecule has 2 aliphatic carbocycles. The normalized spacial score (nSPS) is 22.6. The van der Waals surface area contributed by atoms with Crippen LogP contribution in [0.25, 0.3) is 0 Å². The number of anilines is 2. The van der Waals surface area contributed by atoms with Gasteiger partial charge in [-0.05, 0) is 74.4 Å². The molecular formula is C26H29N7O5. The second kappa shape index (κ2) is 9.74. The Morgan fingerprint density at radius 3 is 3.00 bits per heavy atom. The largest absolute Gasteiger partial charge is 0.480 e. The minimum Gasteiger partial charge on any atom is -0.480 e. The lowest BCUT2D eigenvalue weighted by Gasteiger charge is -2.19. The Labute approximate surface area is 219 Å². The van der Waals surface area contributed by atoms with Crippen molar-refractivity contribution in [1.29, 1.82) is 5.26 Å². The summed E-state index contributed by atoms with van der Waals surface area (Å²) in [6, 6.07) is 5.64. The van der Waals surface area contributed by atoms with Crippen LogP contribution in [-0.4, -0.2) is 66.5 Å². The number of carbonyl (C=O) groups is 2. The minimum atomic E-state index is -0.464. The zero-order valence-electron chi connectivity index (χ0n) is 20.9. The van der Waals surface area contributed by atoms with Crippen molar-refractivity contribution in [3.8, 4) is 17.7 Å². The Kier molecular flexibility index (Phi) is 6.25. The van der Waals surface area contributed by atoms with E-state index in [2.05, 4.69) is 26.7 Å². The first-order valence-electron chi connectivity index (χ1n) is 12.9. The van der Waals surface area contributed by atoms with Crippen molar-refractivity contribution < 1.29 is 23.8 Å². The number of nitrogens with zero attached hydrogens (tertiary/aromatic N) is 4. The lowest BCUT2D eigenvalue weighted by Crippen LogP contribution is -2.30. The Morgan fingerprint density at radius 1 is 1.32 bits per heavy atom. The number of pyridine rings is 2. The molecule has 4 N–H and O–H groups in total. The number of ether oxygens (including phenoxy) is 3. The first kappa shape index (κ1) is 24.4. The van der Waals surface area contributed by atoms with Crippen LogP contribution in [0.5, 0.6) is 11.6 Å². The first-order chi connectivity index (χ1) is 18.4. The maximum Gasteiger partial charge on any atom is 0.415 e. The summed E-state index contributed by atoms with van der Waals surface area (Å²) in [4.78, 5) is 34.2. The van der Waals surface area contributed by atoms with Crippen molar-refractivity contribution in [2.45, 2.75) is 43.7 Å². The van der Waals surface area contributed by atoms with Crippen molar-refractivity contribution in [3.05, 3.63) is 35.0 Å². The number of nitriles is 1. The zero-order chi connectivity index (χ0) is 26.3. The summed E-state index contributed by atoms with van der Waals surface area (Å²) in [7, 11) is 0. The molecule has 2 atom stereocenters. The number of amides is 2. The third kappa shape index (κ3) is 4.94. The molecule has 0 radical (unpaired) electrons. The van der Waals surface area contributed by atoms with Gasteiger partial charge in [-0.2, -0.15) is 5.26 Å². The first-order valence-corrected chi connectivity index (χ1v) is 12.9. The van der Waals surface area contributed by atoms with Crippen LogP contribution in [0.15, 0.2) is 18.3 Å². The molecule has 12 heteroatoms. The molecular weight excluding hydrogens is 490 g/mol. The van der Waals surface area contributed by atoms with Crippen molar-refractivity contribution in [2.75, 3.05) is 43.1 Å². The van der Waals surface area contributed by atoms with E-state index in [9.17, 15) is 14.9 Å². The minimum absolute atomic E-state index is 0.0526. The van der Waals surface area contributed by atoms with Gasteiger partial charge in [-0.15, -0.1) is 0 Å². The third-order valence-corrected chi connectivity index (χ3v) is 7.43. The van der Waals surface area contributed by atoms with E-state index in [0.29, 0.717) is 60.9 Å². The number of hydrogen-bond donors (Lipinski definition) is 3. The van der Waals surface area contributed by atoms with Gasteiger partial charge in [-0.1, -0.05) is 0 Å². The average Bonchev–Trinajstić information content (AvgIpc) is 3.32. The summed E-state index contributed by atoms with van der Waals surface area (Å²) < 4.78 is 16.7. The number of rotatable bonds is 9. The number of fused-ring (bicyclic) bond motifs is 2. The molecule has 2 amide bonds. The van der Waals surface area contributed by atoms with Crippen molar-refractivity contribution >= 4 is 23.6 Å².